The van der Waals surface area contributed by atoms with Gasteiger partial charge in [0.15, 0.2) is 11.5 Å². The first-order valence-electron chi connectivity index (χ1n) is 7.23. The molecule has 2 aromatic rings. The van der Waals surface area contributed by atoms with Crippen molar-refractivity contribution in [3.05, 3.63) is 65.2 Å². The monoisotopic (exact) mass is 323 g/mol. The fourth-order valence-corrected chi connectivity index (χ4v) is 2.15. The predicted molar refractivity (Wildman–Crippen MR) is 89.5 cm³/mol. The van der Waals surface area contributed by atoms with Crippen molar-refractivity contribution in [3.8, 4) is 17.6 Å². The third-order valence-corrected chi connectivity index (χ3v) is 3.34. The Morgan fingerprint density at radius 3 is 2.62 bits per heavy atom. The van der Waals surface area contributed by atoms with Gasteiger partial charge in [-0.15, -0.1) is 0 Å². The molecule has 0 aliphatic rings. The van der Waals surface area contributed by atoms with Crippen molar-refractivity contribution < 1.29 is 19.0 Å². The minimum Gasteiger partial charge on any atom is -0.493 e. The number of rotatable bonds is 6. The number of para-hydroxylation sites is 1. The molecule has 5 heteroatoms. The van der Waals surface area contributed by atoms with Crippen LogP contribution in [0.25, 0.3) is 6.08 Å². The highest BCUT2D eigenvalue weighted by Crippen LogP contribution is 2.31. The fourth-order valence-electron chi connectivity index (χ4n) is 2.15. The summed E-state index contributed by atoms with van der Waals surface area (Å²) >= 11 is 0. The van der Waals surface area contributed by atoms with Crippen LogP contribution in [0, 0.1) is 11.3 Å². The molecule has 0 heterocycles. The molecule has 24 heavy (non-hydrogen) atoms. The van der Waals surface area contributed by atoms with Gasteiger partial charge in [-0.3, -0.25) is 0 Å². The maximum Gasteiger partial charge on any atom is 0.331 e. The van der Waals surface area contributed by atoms with E-state index >= 15 is 0 Å². The van der Waals surface area contributed by atoms with Crippen molar-refractivity contribution in [1.29, 1.82) is 5.26 Å². The highest BCUT2D eigenvalue weighted by Gasteiger charge is 2.08. The smallest absolute Gasteiger partial charge is 0.331 e. The first-order valence-corrected chi connectivity index (χ1v) is 7.23. The summed E-state index contributed by atoms with van der Waals surface area (Å²) in [5, 5.41) is 9.01. The summed E-state index contributed by atoms with van der Waals surface area (Å²) in [4.78, 5) is 11.9. The molecule has 0 N–H and O–H groups in total. The lowest BCUT2D eigenvalue weighted by atomic mass is 10.1. The van der Waals surface area contributed by atoms with Crippen LogP contribution in [0.1, 0.15) is 16.7 Å². The van der Waals surface area contributed by atoms with E-state index in [0.717, 1.165) is 0 Å². The third kappa shape index (κ3) is 4.14. The number of methoxy groups -OCH3 is 2. The Bertz CT molecular complexity index is 790. The topological polar surface area (TPSA) is 68.5 Å². The number of nitriles is 1. The molecule has 0 unspecified atom stereocenters. The number of carbonyl (C=O) groups excluding carboxylic acids is 1. The summed E-state index contributed by atoms with van der Waals surface area (Å²) in [7, 11) is 3.08. The lowest BCUT2D eigenvalue weighted by molar-refractivity contribution is -0.138. The van der Waals surface area contributed by atoms with E-state index in [1.54, 1.807) is 55.7 Å². The van der Waals surface area contributed by atoms with E-state index in [2.05, 4.69) is 6.07 Å². The standard InChI is InChI=1S/C19H17NO4/c1-22-17-9-5-8-14(19(17)23-2)10-11-18(21)24-13-16-7-4-3-6-15(16)12-20/h3-11H,13H2,1-2H3/b11-10+. The molecule has 2 rings (SSSR count). The van der Waals surface area contributed by atoms with Crippen molar-refractivity contribution in [2.24, 2.45) is 0 Å². The van der Waals surface area contributed by atoms with Crippen LogP contribution >= 0.6 is 0 Å². The largest absolute Gasteiger partial charge is 0.493 e. The van der Waals surface area contributed by atoms with Crippen LogP contribution in [0.4, 0.5) is 0 Å². The Kier molecular flexibility index (Phi) is 5.98. The molecule has 5 nitrogen and oxygen atoms in total. The number of benzene rings is 2. The fraction of sp³-hybridized carbons (Fsp3) is 0.158. The van der Waals surface area contributed by atoms with Crippen molar-refractivity contribution >= 4 is 12.0 Å². The van der Waals surface area contributed by atoms with E-state index in [4.69, 9.17) is 19.5 Å². The minimum absolute atomic E-state index is 0.0438. The molecule has 0 saturated heterocycles. The zero-order valence-electron chi connectivity index (χ0n) is 13.5. The van der Waals surface area contributed by atoms with Crippen molar-refractivity contribution in [3.63, 3.8) is 0 Å². The molecule has 0 radical (unpaired) electrons. The van der Waals surface area contributed by atoms with Gasteiger partial charge in [0.05, 0.1) is 25.9 Å². The highest BCUT2D eigenvalue weighted by atomic mass is 16.5. The van der Waals surface area contributed by atoms with Crippen LogP contribution in [0.2, 0.25) is 0 Å². The van der Waals surface area contributed by atoms with Gasteiger partial charge in [-0.1, -0.05) is 30.3 Å². The van der Waals surface area contributed by atoms with Gasteiger partial charge in [0.1, 0.15) is 6.61 Å². The molecule has 0 aliphatic heterocycles. The second kappa shape index (κ2) is 8.39. The van der Waals surface area contributed by atoms with Gasteiger partial charge in [-0.25, -0.2) is 4.79 Å². The van der Waals surface area contributed by atoms with Crippen LogP contribution in [0.15, 0.2) is 48.5 Å². The molecule has 0 amide bonds. The van der Waals surface area contributed by atoms with E-state index in [1.807, 2.05) is 0 Å². The summed E-state index contributed by atoms with van der Waals surface area (Å²) in [6.07, 6.45) is 2.91. The Morgan fingerprint density at radius 2 is 1.92 bits per heavy atom. The Hall–Kier alpha value is -3.26. The van der Waals surface area contributed by atoms with E-state index in [9.17, 15) is 4.79 Å². The van der Waals surface area contributed by atoms with Gasteiger partial charge in [-0.05, 0) is 18.2 Å². The summed E-state index contributed by atoms with van der Waals surface area (Å²) < 4.78 is 15.7. The van der Waals surface area contributed by atoms with E-state index in [-0.39, 0.29) is 6.61 Å². The van der Waals surface area contributed by atoms with Crippen molar-refractivity contribution in [2.75, 3.05) is 14.2 Å². The van der Waals surface area contributed by atoms with Crippen LogP contribution in [0.5, 0.6) is 11.5 Å². The number of carbonyl (C=O) groups is 1. The average Bonchev–Trinajstić information content (AvgIpc) is 2.64. The van der Waals surface area contributed by atoms with Gasteiger partial charge in [0.2, 0.25) is 0 Å². The normalized spacial score (nSPS) is 10.2. The van der Waals surface area contributed by atoms with Crippen molar-refractivity contribution in [2.45, 2.75) is 6.61 Å². The summed E-state index contributed by atoms with van der Waals surface area (Å²) in [6, 6.07) is 14.4. The van der Waals surface area contributed by atoms with Crippen LogP contribution < -0.4 is 9.47 Å². The number of hydrogen-bond acceptors (Lipinski definition) is 5. The van der Waals surface area contributed by atoms with Crippen molar-refractivity contribution in [1.82, 2.24) is 0 Å². The SMILES string of the molecule is COc1cccc(/C=C/C(=O)OCc2ccccc2C#N)c1OC. The first-order chi connectivity index (χ1) is 11.7. The zero-order valence-corrected chi connectivity index (χ0v) is 13.5. The second-order valence-electron chi connectivity index (χ2n) is 4.79. The molecule has 0 aromatic heterocycles. The third-order valence-electron chi connectivity index (χ3n) is 3.34. The lowest BCUT2D eigenvalue weighted by Gasteiger charge is -2.09. The molecular formula is C19H17NO4. The van der Waals surface area contributed by atoms with Gasteiger partial charge in [0.25, 0.3) is 0 Å². The van der Waals surface area contributed by atoms with Crippen LogP contribution in [-0.4, -0.2) is 20.2 Å². The van der Waals surface area contributed by atoms with E-state index in [1.165, 1.54) is 13.2 Å². The molecule has 0 fully saturated rings. The number of hydrogen-bond donors (Lipinski definition) is 0. The quantitative estimate of drug-likeness (QED) is 0.602. The molecule has 122 valence electrons. The number of nitrogens with zero attached hydrogens (tertiary/aromatic N) is 1. The maximum absolute atomic E-state index is 11.9. The first kappa shape index (κ1) is 17.1. The number of ether oxygens (including phenoxy) is 3. The summed E-state index contributed by atoms with van der Waals surface area (Å²) in [6.45, 7) is 0.0438. The maximum atomic E-state index is 11.9. The minimum atomic E-state index is -0.507. The molecule has 0 bridgehead atoms. The summed E-state index contributed by atoms with van der Waals surface area (Å²) in [5.74, 6) is 0.613. The Morgan fingerprint density at radius 1 is 1.12 bits per heavy atom. The molecule has 0 spiro atoms. The second-order valence-corrected chi connectivity index (χ2v) is 4.79. The van der Waals surface area contributed by atoms with Crippen LogP contribution in [0.3, 0.4) is 0 Å². The van der Waals surface area contributed by atoms with Gasteiger partial charge in [-0.2, -0.15) is 5.26 Å². The van der Waals surface area contributed by atoms with Crippen LogP contribution in [-0.2, 0) is 16.1 Å². The van der Waals surface area contributed by atoms with Gasteiger partial charge < -0.3 is 14.2 Å². The van der Waals surface area contributed by atoms with Gasteiger partial charge >= 0.3 is 5.97 Å². The lowest BCUT2D eigenvalue weighted by Crippen LogP contribution is -2.02. The van der Waals surface area contributed by atoms with E-state index in [0.29, 0.717) is 28.2 Å². The molecular weight excluding hydrogens is 306 g/mol. The van der Waals surface area contributed by atoms with E-state index < -0.39 is 5.97 Å². The molecule has 0 saturated carbocycles. The number of esters is 1. The Balaban J connectivity index is 2.05. The zero-order chi connectivity index (χ0) is 17.4. The Labute approximate surface area is 140 Å². The molecule has 0 aliphatic carbocycles. The highest BCUT2D eigenvalue weighted by molar-refractivity contribution is 5.87. The van der Waals surface area contributed by atoms with Gasteiger partial charge in [0, 0.05) is 17.2 Å². The summed E-state index contributed by atoms with van der Waals surface area (Å²) in [5.41, 5.74) is 1.86. The predicted octanol–water partition coefficient (Wildman–Crippen LogP) is 3.33. The average molecular weight is 323 g/mol. The molecule has 2 aromatic carbocycles. The molecule has 0 atom stereocenters.